The van der Waals surface area contributed by atoms with Crippen LogP contribution < -0.4 is 14.5 Å². The van der Waals surface area contributed by atoms with E-state index in [0.29, 0.717) is 4.90 Å². The molecular formula is C39H56FNO11SSi2. The van der Waals surface area contributed by atoms with Gasteiger partial charge in [0.1, 0.15) is 47.0 Å². The largest absolute Gasteiger partial charge is 0.465 e. The fourth-order valence-corrected chi connectivity index (χ4v) is 8.60. The van der Waals surface area contributed by atoms with Crippen molar-refractivity contribution in [2.24, 2.45) is 5.41 Å². The van der Waals surface area contributed by atoms with Crippen LogP contribution in [0.3, 0.4) is 0 Å². The number of nitrogens with zero attached hydrogens (tertiary/aromatic N) is 1. The van der Waals surface area contributed by atoms with Gasteiger partial charge in [0.2, 0.25) is 0 Å². The van der Waals surface area contributed by atoms with E-state index in [1.54, 1.807) is 60.6 Å². The lowest BCUT2D eigenvalue weighted by Gasteiger charge is -2.32. The molecule has 1 aromatic heterocycles. The van der Waals surface area contributed by atoms with E-state index >= 15 is 4.39 Å². The van der Waals surface area contributed by atoms with E-state index < -0.39 is 90.9 Å². The lowest BCUT2D eigenvalue weighted by Crippen LogP contribution is -2.44. The van der Waals surface area contributed by atoms with Gasteiger partial charge >= 0.3 is 28.3 Å². The molecule has 0 aliphatic rings. The number of anilines is 1. The van der Waals surface area contributed by atoms with E-state index in [0.717, 1.165) is 12.7 Å². The van der Waals surface area contributed by atoms with Crippen molar-refractivity contribution in [3.8, 4) is 16.9 Å². The van der Waals surface area contributed by atoms with Crippen LogP contribution in [0.2, 0.25) is 32.7 Å². The van der Waals surface area contributed by atoms with Crippen LogP contribution in [0.1, 0.15) is 90.1 Å². The molecule has 0 aliphatic heterocycles. The van der Waals surface area contributed by atoms with Gasteiger partial charge in [0, 0.05) is 5.56 Å². The van der Waals surface area contributed by atoms with E-state index in [-0.39, 0.29) is 27.2 Å². The van der Waals surface area contributed by atoms with Gasteiger partial charge in [0.15, 0.2) is 20.6 Å². The fraction of sp³-hybridized carbons (Fsp3) is 0.513. The molecule has 16 heteroatoms. The van der Waals surface area contributed by atoms with Crippen molar-refractivity contribution in [2.75, 3.05) is 12.0 Å². The summed E-state index contributed by atoms with van der Waals surface area (Å²) in [6, 6.07) is 8.15. The van der Waals surface area contributed by atoms with Gasteiger partial charge in [0.05, 0.1) is 18.4 Å². The average Bonchev–Trinajstić information content (AvgIpc) is 3.34. The zero-order valence-corrected chi connectivity index (χ0v) is 37.8. The molecule has 0 aliphatic carbocycles. The first-order valence-electron chi connectivity index (χ1n) is 17.9. The van der Waals surface area contributed by atoms with Crippen molar-refractivity contribution < 1.29 is 54.4 Å². The molecule has 1 atom stereocenters. The number of benzene rings is 2. The molecule has 1 unspecified atom stereocenters. The summed E-state index contributed by atoms with van der Waals surface area (Å²) in [5, 5.41) is 0.0703. The van der Waals surface area contributed by atoms with Crippen LogP contribution in [0.25, 0.3) is 11.1 Å². The number of carbonyl (C=O) groups is 3. The van der Waals surface area contributed by atoms with Crippen LogP contribution in [0.5, 0.6) is 5.75 Å². The highest BCUT2D eigenvalue weighted by Crippen LogP contribution is 2.48. The van der Waals surface area contributed by atoms with E-state index in [9.17, 15) is 22.8 Å². The summed E-state index contributed by atoms with van der Waals surface area (Å²) in [5.41, 5.74) is -3.86. The minimum atomic E-state index is -4.81. The molecule has 3 rings (SSSR count). The van der Waals surface area contributed by atoms with Gasteiger partial charge < -0.3 is 27.2 Å². The minimum Gasteiger partial charge on any atom is -0.465 e. The first kappa shape index (κ1) is 45.4. The van der Waals surface area contributed by atoms with Gasteiger partial charge in [-0.05, 0) is 91.2 Å². The number of amides is 2. The lowest BCUT2D eigenvalue weighted by molar-refractivity contribution is 0.0430. The Bertz CT molecular complexity index is 1990. The third-order valence-corrected chi connectivity index (χ3v) is 11.4. The number of esters is 1. The molecule has 0 radical (unpaired) electrons. The maximum absolute atomic E-state index is 17.3. The molecule has 0 fully saturated rings. The lowest BCUT2D eigenvalue weighted by atomic mass is 9.85. The SMILES string of the molecule is COC(=O)c1c(N(C(=O)OC(C)(C)C)C(=O)OC(C)(C)C)ccc(-c2c(C(O[SiH](C)C)C(C)(C)C)oc([Si](C)(C)C)c2F)c1OS(=O)(=O)c1ccc(C)cc1. The number of ether oxygens (including phenoxy) is 3. The summed E-state index contributed by atoms with van der Waals surface area (Å²) in [6.45, 7) is 26.4. The van der Waals surface area contributed by atoms with Gasteiger partial charge in [-0.15, -0.1) is 0 Å². The number of furan rings is 1. The van der Waals surface area contributed by atoms with Crippen LogP contribution in [0.15, 0.2) is 45.7 Å². The first-order valence-corrected chi connectivity index (χ1v) is 25.6. The van der Waals surface area contributed by atoms with Crippen LogP contribution in [-0.4, -0.2) is 62.0 Å². The molecule has 0 bridgehead atoms. The second-order valence-corrected chi connectivity index (χ2v) is 26.5. The standard InChI is InChI=1S/C39H56FNO11SSi2/c1-23-17-19-24(20-18-23)53(45,46)51-30-25(27-29(40)34(55(14,15)16)48-31(27)32(37(2,3)4)52-54(12)13)21-22-26(28(30)33(42)47-11)41(35(43)49-38(5,6)7)36(44)50-39(8,9)10/h17-22,32,54H,1-16H3. The highest BCUT2D eigenvalue weighted by atomic mass is 32.2. The Morgan fingerprint density at radius 2 is 1.36 bits per heavy atom. The van der Waals surface area contributed by atoms with Gasteiger partial charge in [-0.3, -0.25) is 0 Å². The molecule has 304 valence electrons. The Labute approximate surface area is 327 Å². The van der Waals surface area contributed by atoms with E-state index in [2.05, 4.69) is 0 Å². The zero-order chi connectivity index (χ0) is 42.2. The topological polar surface area (TPSA) is 148 Å². The Hall–Kier alpha value is -4.00. The van der Waals surface area contributed by atoms with Crippen LogP contribution >= 0.6 is 0 Å². The van der Waals surface area contributed by atoms with Crippen molar-refractivity contribution in [1.29, 1.82) is 0 Å². The number of aryl methyl sites for hydroxylation is 1. The predicted molar refractivity (Wildman–Crippen MR) is 215 cm³/mol. The average molecular weight is 822 g/mol. The van der Waals surface area contributed by atoms with Crippen molar-refractivity contribution in [3.05, 3.63) is 59.1 Å². The summed E-state index contributed by atoms with van der Waals surface area (Å²) in [5.74, 6) is -2.70. The van der Waals surface area contributed by atoms with Gasteiger partial charge in [0.25, 0.3) is 0 Å². The first-order chi connectivity index (χ1) is 24.9. The maximum atomic E-state index is 17.3. The quantitative estimate of drug-likeness (QED) is 0.0834. The normalized spacial score (nSPS) is 13.3. The number of hydrogen-bond donors (Lipinski definition) is 0. The number of methoxy groups -OCH3 is 1. The van der Waals surface area contributed by atoms with Crippen molar-refractivity contribution >= 4 is 56.5 Å². The van der Waals surface area contributed by atoms with E-state index in [4.69, 9.17) is 27.2 Å². The number of carbonyl (C=O) groups excluding carboxylic acids is 3. The Kier molecular flexibility index (Phi) is 13.4. The third-order valence-electron chi connectivity index (χ3n) is 7.68. The summed E-state index contributed by atoms with van der Waals surface area (Å²) in [7, 11) is -8.24. The smallest absolute Gasteiger partial charge is 0.424 e. The molecule has 3 aromatic rings. The van der Waals surface area contributed by atoms with Crippen LogP contribution in [0, 0.1) is 18.2 Å². The zero-order valence-electron chi connectivity index (χ0n) is 34.8. The molecule has 0 spiro atoms. The van der Waals surface area contributed by atoms with E-state index in [1.807, 2.05) is 53.5 Å². The highest BCUT2D eigenvalue weighted by molar-refractivity contribution is 7.87. The van der Waals surface area contributed by atoms with Gasteiger partial charge in [-0.2, -0.15) is 13.3 Å². The molecule has 2 aromatic carbocycles. The fourth-order valence-electron chi connectivity index (χ4n) is 5.37. The molecule has 1 heterocycles. The second kappa shape index (κ2) is 16.2. The molecule has 55 heavy (non-hydrogen) atoms. The summed E-state index contributed by atoms with van der Waals surface area (Å²) in [6.07, 6.45) is -3.35. The molecular weight excluding hydrogens is 766 g/mol. The van der Waals surface area contributed by atoms with Crippen molar-refractivity contribution in [3.63, 3.8) is 0 Å². The number of imide groups is 1. The highest BCUT2D eigenvalue weighted by Gasteiger charge is 2.43. The summed E-state index contributed by atoms with van der Waals surface area (Å²) in [4.78, 5) is 42.0. The van der Waals surface area contributed by atoms with Gasteiger partial charge in [-0.1, -0.05) is 58.1 Å². The number of rotatable bonds is 10. The predicted octanol–water partition coefficient (Wildman–Crippen LogP) is 9.26. The molecule has 0 N–H and O–H groups in total. The van der Waals surface area contributed by atoms with Crippen molar-refractivity contribution in [1.82, 2.24) is 0 Å². The van der Waals surface area contributed by atoms with Crippen LogP contribution in [0.4, 0.5) is 19.7 Å². The van der Waals surface area contributed by atoms with Gasteiger partial charge in [-0.25, -0.2) is 18.8 Å². The third kappa shape index (κ3) is 11.1. The summed E-state index contributed by atoms with van der Waals surface area (Å²) >= 11 is 0. The molecule has 12 nitrogen and oxygen atoms in total. The molecule has 0 saturated heterocycles. The Morgan fingerprint density at radius 3 is 1.78 bits per heavy atom. The number of hydrogen-bond acceptors (Lipinski definition) is 11. The maximum Gasteiger partial charge on any atom is 0.424 e. The monoisotopic (exact) mass is 821 g/mol. The van der Waals surface area contributed by atoms with Crippen LogP contribution in [-0.2, 0) is 28.8 Å². The Balaban J connectivity index is 2.68. The van der Waals surface area contributed by atoms with Crippen molar-refractivity contribution in [2.45, 2.75) is 124 Å². The molecule has 2 amide bonds. The molecule has 0 saturated carbocycles. The second-order valence-electron chi connectivity index (χ2n) is 17.6. The minimum absolute atomic E-state index is 0.0564. The Morgan fingerprint density at radius 1 is 0.855 bits per heavy atom. The summed E-state index contributed by atoms with van der Waals surface area (Å²) < 4.78 is 80.7. The number of halogens is 1. The van der Waals surface area contributed by atoms with E-state index in [1.165, 1.54) is 24.3 Å².